The van der Waals surface area contributed by atoms with Crippen molar-refractivity contribution >= 4 is 17.5 Å². The molecule has 1 amide bonds. The highest BCUT2D eigenvalue weighted by Crippen LogP contribution is 2.20. The van der Waals surface area contributed by atoms with Gasteiger partial charge in [-0.05, 0) is 31.5 Å². The molecule has 20 heavy (non-hydrogen) atoms. The molecule has 4 nitrogen and oxygen atoms in total. The largest absolute Gasteiger partial charge is 0.336 e. The van der Waals surface area contributed by atoms with Gasteiger partial charge in [-0.2, -0.15) is 5.26 Å². The highest BCUT2D eigenvalue weighted by molar-refractivity contribution is 6.31. The lowest BCUT2D eigenvalue weighted by Gasteiger charge is -2.36. The predicted octanol–water partition coefficient (Wildman–Crippen LogP) is 2.32. The van der Waals surface area contributed by atoms with Gasteiger partial charge < -0.3 is 4.90 Å². The van der Waals surface area contributed by atoms with Gasteiger partial charge >= 0.3 is 0 Å². The second-order valence-electron chi connectivity index (χ2n) is 5.05. The number of hydrogen-bond donors (Lipinski definition) is 0. The van der Waals surface area contributed by atoms with Crippen molar-refractivity contribution in [2.45, 2.75) is 19.9 Å². The average Bonchev–Trinajstić information content (AvgIpc) is 2.48. The number of nitriles is 1. The minimum absolute atomic E-state index is 0.0225. The Morgan fingerprint density at radius 1 is 1.35 bits per heavy atom. The molecular weight excluding hydrogens is 274 g/mol. The van der Waals surface area contributed by atoms with Crippen LogP contribution < -0.4 is 0 Å². The van der Waals surface area contributed by atoms with Gasteiger partial charge in [0.05, 0.1) is 12.1 Å². The summed E-state index contributed by atoms with van der Waals surface area (Å²) in [4.78, 5) is 16.4. The summed E-state index contributed by atoms with van der Waals surface area (Å²) in [5, 5.41) is 9.54. The summed E-state index contributed by atoms with van der Waals surface area (Å²) >= 11 is 6.07. The maximum Gasteiger partial charge on any atom is 0.254 e. The van der Waals surface area contributed by atoms with Crippen LogP contribution in [0.25, 0.3) is 0 Å². The Labute approximate surface area is 124 Å². The Hall–Kier alpha value is -1.57. The minimum Gasteiger partial charge on any atom is -0.336 e. The van der Waals surface area contributed by atoms with Gasteiger partial charge in [0.1, 0.15) is 0 Å². The fourth-order valence-corrected chi connectivity index (χ4v) is 2.58. The van der Waals surface area contributed by atoms with Gasteiger partial charge in [0, 0.05) is 36.8 Å². The number of piperazine rings is 1. The molecule has 1 aliphatic heterocycles. The first kappa shape index (κ1) is 14.8. The van der Waals surface area contributed by atoms with Gasteiger partial charge in [-0.15, -0.1) is 0 Å². The van der Waals surface area contributed by atoms with E-state index in [1.807, 2.05) is 24.8 Å². The van der Waals surface area contributed by atoms with Crippen LogP contribution in [0.5, 0.6) is 0 Å². The molecule has 0 aromatic heterocycles. The van der Waals surface area contributed by atoms with E-state index in [0.717, 1.165) is 18.7 Å². The second kappa shape index (κ2) is 6.25. The van der Waals surface area contributed by atoms with Crippen molar-refractivity contribution in [2.75, 3.05) is 26.2 Å². The van der Waals surface area contributed by atoms with Crippen molar-refractivity contribution in [2.24, 2.45) is 0 Å². The standard InChI is InChI=1S/C15H18ClN3O/c1-11(10-17)18-6-8-19(9-7-18)15(20)13-4-3-5-14(16)12(13)2/h3-5,11H,6-9H2,1-2H3. The predicted molar refractivity (Wildman–Crippen MR) is 78.7 cm³/mol. The fraction of sp³-hybridized carbons (Fsp3) is 0.467. The smallest absolute Gasteiger partial charge is 0.254 e. The molecule has 1 aliphatic rings. The number of nitrogens with zero attached hydrogens (tertiary/aromatic N) is 3. The first-order chi connectivity index (χ1) is 9.54. The van der Waals surface area contributed by atoms with E-state index in [0.29, 0.717) is 23.7 Å². The summed E-state index contributed by atoms with van der Waals surface area (Å²) < 4.78 is 0. The van der Waals surface area contributed by atoms with Crippen LogP contribution >= 0.6 is 11.6 Å². The normalized spacial score (nSPS) is 17.6. The zero-order chi connectivity index (χ0) is 14.7. The second-order valence-corrected chi connectivity index (χ2v) is 5.45. The zero-order valence-corrected chi connectivity index (χ0v) is 12.5. The molecule has 0 spiro atoms. The number of amides is 1. The molecule has 1 aromatic carbocycles. The van der Waals surface area contributed by atoms with E-state index in [2.05, 4.69) is 11.0 Å². The van der Waals surface area contributed by atoms with Crippen molar-refractivity contribution < 1.29 is 4.79 Å². The minimum atomic E-state index is -0.0971. The van der Waals surface area contributed by atoms with Crippen molar-refractivity contribution in [1.82, 2.24) is 9.80 Å². The van der Waals surface area contributed by atoms with Crippen LogP contribution in [0.15, 0.2) is 18.2 Å². The molecule has 0 saturated carbocycles. The lowest BCUT2D eigenvalue weighted by atomic mass is 10.1. The van der Waals surface area contributed by atoms with Crippen molar-refractivity contribution in [3.63, 3.8) is 0 Å². The SMILES string of the molecule is Cc1c(Cl)cccc1C(=O)N1CCN(C(C)C#N)CC1. The molecule has 0 N–H and O–H groups in total. The Morgan fingerprint density at radius 3 is 2.60 bits per heavy atom. The van der Waals surface area contributed by atoms with Crippen LogP contribution in [-0.4, -0.2) is 47.9 Å². The number of halogens is 1. The van der Waals surface area contributed by atoms with Crippen LogP contribution in [0.2, 0.25) is 5.02 Å². The number of carbonyl (C=O) groups excluding carboxylic acids is 1. The zero-order valence-electron chi connectivity index (χ0n) is 11.8. The van der Waals surface area contributed by atoms with E-state index in [4.69, 9.17) is 16.9 Å². The van der Waals surface area contributed by atoms with E-state index < -0.39 is 0 Å². The van der Waals surface area contributed by atoms with E-state index in [1.165, 1.54) is 0 Å². The van der Waals surface area contributed by atoms with E-state index in [9.17, 15) is 4.79 Å². The lowest BCUT2D eigenvalue weighted by Crippen LogP contribution is -2.51. The molecule has 1 heterocycles. The average molecular weight is 292 g/mol. The van der Waals surface area contributed by atoms with E-state index in [-0.39, 0.29) is 11.9 Å². The molecule has 0 aliphatic carbocycles. The summed E-state index contributed by atoms with van der Waals surface area (Å²) in [5.74, 6) is 0.0225. The molecule has 0 bridgehead atoms. The van der Waals surface area contributed by atoms with Crippen LogP contribution in [0.4, 0.5) is 0 Å². The monoisotopic (exact) mass is 291 g/mol. The summed E-state index contributed by atoms with van der Waals surface area (Å²) in [6, 6.07) is 7.54. The van der Waals surface area contributed by atoms with Gasteiger partial charge in [0.2, 0.25) is 0 Å². The molecule has 106 valence electrons. The van der Waals surface area contributed by atoms with Gasteiger partial charge in [0.25, 0.3) is 5.91 Å². The Kier molecular flexibility index (Phi) is 4.64. The summed E-state index contributed by atoms with van der Waals surface area (Å²) in [6.45, 7) is 6.52. The third-order valence-corrected chi connectivity index (χ3v) is 4.24. The van der Waals surface area contributed by atoms with Crippen LogP contribution in [0.3, 0.4) is 0 Å². The topological polar surface area (TPSA) is 47.3 Å². The van der Waals surface area contributed by atoms with Crippen LogP contribution in [0, 0.1) is 18.3 Å². The third kappa shape index (κ3) is 2.95. The van der Waals surface area contributed by atoms with Crippen molar-refractivity contribution in [3.05, 3.63) is 34.3 Å². The number of rotatable bonds is 2. The molecule has 0 radical (unpaired) electrons. The number of benzene rings is 1. The lowest BCUT2D eigenvalue weighted by molar-refractivity contribution is 0.0615. The van der Waals surface area contributed by atoms with Gasteiger partial charge in [0.15, 0.2) is 0 Å². The molecule has 1 unspecified atom stereocenters. The van der Waals surface area contributed by atoms with Crippen LogP contribution in [0.1, 0.15) is 22.8 Å². The third-order valence-electron chi connectivity index (χ3n) is 3.83. The Balaban J connectivity index is 2.06. The highest BCUT2D eigenvalue weighted by atomic mass is 35.5. The van der Waals surface area contributed by atoms with Gasteiger partial charge in [-0.1, -0.05) is 17.7 Å². The quantitative estimate of drug-likeness (QED) is 0.840. The van der Waals surface area contributed by atoms with Crippen molar-refractivity contribution in [3.8, 4) is 6.07 Å². The maximum absolute atomic E-state index is 12.5. The van der Waals surface area contributed by atoms with Crippen molar-refractivity contribution in [1.29, 1.82) is 5.26 Å². The first-order valence-corrected chi connectivity index (χ1v) is 7.10. The fourth-order valence-electron chi connectivity index (χ4n) is 2.40. The van der Waals surface area contributed by atoms with E-state index >= 15 is 0 Å². The van der Waals surface area contributed by atoms with Gasteiger partial charge in [-0.3, -0.25) is 9.69 Å². The molecule has 1 saturated heterocycles. The first-order valence-electron chi connectivity index (χ1n) is 6.72. The number of hydrogen-bond acceptors (Lipinski definition) is 3. The maximum atomic E-state index is 12.5. The Bertz CT molecular complexity index is 545. The summed E-state index contributed by atoms with van der Waals surface area (Å²) in [5.41, 5.74) is 1.49. The molecule has 1 fully saturated rings. The van der Waals surface area contributed by atoms with Gasteiger partial charge in [-0.25, -0.2) is 0 Å². The summed E-state index contributed by atoms with van der Waals surface area (Å²) in [7, 11) is 0. The van der Waals surface area contributed by atoms with Crippen LogP contribution in [-0.2, 0) is 0 Å². The molecule has 2 rings (SSSR count). The molecule has 5 heteroatoms. The van der Waals surface area contributed by atoms with E-state index in [1.54, 1.807) is 12.1 Å². The highest BCUT2D eigenvalue weighted by Gasteiger charge is 2.25. The number of carbonyl (C=O) groups is 1. The molecule has 1 atom stereocenters. The molecule has 1 aromatic rings. The summed E-state index contributed by atoms with van der Waals surface area (Å²) in [6.07, 6.45) is 0. The molecular formula is C15H18ClN3O. The Morgan fingerprint density at radius 2 is 2.00 bits per heavy atom.